The highest BCUT2D eigenvalue weighted by atomic mass is 32.2. The van der Waals surface area contributed by atoms with E-state index in [1.54, 1.807) is 0 Å². The molecule has 0 amide bonds. The normalized spacial score (nSPS) is 11.1. The summed E-state index contributed by atoms with van der Waals surface area (Å²) in [6.07, 6.45) is 1.36. The summed E-state index contributed by atoms with van der Waals surface area (Å²) >= 11 is 4.40. The van der Waals surface area contributed by atoms with E-state index in [-0.39, 0.29) is 24.1 Å². The van der Waals surface area contributed by atoms with Crippen LogP contribution in [-0.2, 0) is 23.7 Å². The van der Waals surface area contributed by atoms with Crippen molar-refractivity contribution in [1.29, 1.82) is 0 Å². The van der Waals surface area contributed by atoms with E-state index in [4.69, 9.17) is 10.2 Å². The van der Waals surface area contributed by atoms with Crippen LogP contribution in [0.5, 0.6) is 0 Å². The van der Waals surface area contributed by atoms with E-state index in [9.17, 15) is 0 Å². The van der Waals surface area contributed by atoms with Crippen molar-refractivity contribution in [3.63, 3.8) is 0 Å². The Hall–Kier alpha value is -1.72. The van der Waals surface area contributed by atoms with Gasteiger partial charge in [-0.25, -0.2) is 0 Å². The predicted octanol–water partition coefficient (Wildman–Crippen LogP) is 4.14. The maximum absolute atomic E-state index is 9.13. The zero-order valence-corrected chi connectivity index (χ0v) is 16.2. The van der Waals surface area contributed by atoms with Gasteiger partial charge in [-0.1, -0.05) is 24.3 Å². The Morgan fingerprint density at radius 2 is 0.923 bits per heavy atom. The van der Waals surface area contributed by atoms with Crippen molar-refractivity contribution in [3.8, 4) is 0 Å². The Morgan fingerprint density at radius 1 is 0.577 bits per heavy atom. The molecule has 3 aromatic rings. The lowest BCUT2D eigenvalue weighted by atomic mass is 10.2. The second-order valence-electron chi connectivity index (χ2n) is 6.04. The Morgan fingerprint density at radius 3 is 1.27 bits per heavy atom. The molecule has 0 aliphatic rings. The highest BCUT2D eigenvalue weighted by molar-refractivity contribution is 7.97. The van der Waals surface area contributed by atoms with Crippen molar-refractivity contribution in [1.82, 2.24) is 0 Å². The van der Waals surface area contributed by atoms with Crippen LogP contribution in [0.3, 0.4) is 0 Å². The molecule has 0 saturated heterocycles. The molecule has 26 heavy (non-hydrogen) atoms. The topological polar surface area (TPSA) is 40.5 Å². The summed E-state index contributed by atoms with van der Waals surface area (Å²) in [6, 6.07) is 25.3. The van der Waals surface area contributed by atoms with Crippen LogP contribution in [0.15, 0.2) is 92.4 Å². The summed E-state index contributed by atoms with van der Waals surface area (Å²) in [7, 11) is -0.206. The van der Waals surface area contributed by atoms with Crippen LogP contribution in [0.4, 0.5) is 0 Å². The van der Waals surface area contributed by atoms with E-state index in [1.807, 2.05) is 12.1 Å². The molecule has 0 bridgehead atoms. The third-order valence-corrected chi connectivity index (χ3v) is 6.72. The average Bonchev–Trinajstić information content (AvgIpc) is 2.67. The smallest absolute Gasteiger partial charge is 0.166 e. The lowest BCUT2D eigenvalue weighted by molar-refractivity contribution is 0.299. The molecule has 2 nitrogen and oxygen atoms in total. The van der Waals surface area contributed by atoms with Crippen LogP contribution in [0, 0.1) is 0 Å². The highest BCUT2D eigenvalue weighted by Crippen LogP contribution is 2.32. The second-order valence-corrected chi connectivity index (χ2v) is 8.58. The summed E-state index contributed by atoms with van der Waals surface area (Å²) in [5, 5.41) is 18.3. The molecule has 0 fully saturated rings. The first-order valence-electron chi connectivity index (χ1n) is 8.64. The molecule has 134 valence electrons. The maximum Gasteiger partial charge on any atom is 0.166 e. The fourth-order valence-electron chi connectivity index (χ4n) is 2.83. The van der Waals surface area contributed by atoms with Crippen LogP contribution >= 0.6 is 12.6 Å². The molecule has 0 aliphatic carbocycles. The van der Waals surface area contributed by atoms with Gasteiger partial charge >= 0.3 is 0 Å². The lowest BCUT2D eigenvalue weighted by Gasteiger charge is -2.09. The van der Waals surface area contributed by atoms with Gasteiger partial charge in [-0.3, -0.25) is 0 Å². The molecule has 0 saturated carbocycles. The van der Waals surface area contributed by atoms with Crippen molar-refractivity contribution in [2.45, 2.75) is 32.4 Å². The highest BCUT2D eigenvalue weighted by Gasteiger charge is 2.28. The number of hydrogen-bond acceptors (Lipinski definition) is 3. The van der Waals surface area contributed by atoms with E-state index in [0.29, 0.717) is 12.8 Å². The molecular formula is C22H23O2S2+. The van der Waals surface area contributed by atoms with Gasteiger partial charge in [0.25, 0.3) is 0 Å². The summed E-state index contributed by atoms with van der Waals surface area (Å²) in [5.74, 6) is 0. The van der Waals surface area contributed by atoms with E-state index in [0.717, 1.165) is 16.0 Å². The molecule has 0 atom stereocenters. The number of thiol groups is 1. The van der Waals surface area contributed by atoms with Gasteiger partial charge in [-0.15, -0.1) is 12.6 Å². The van der Waals surface area contributed by atoms with Gasteiger partial charge in [0.1, 0.15) is 0 Å². The lowest BCUT2D eigenvalue weighted by Crippen LogP contribution is -2.05. The maximum atomic E-state index is 9.13. The Balaban J connectivity index is 1.99. The third-order valence-electron chi connectivity index (χ3n) is 4.19. The fraction of sp³-hybridized carbons (Fsp3) is 0.182. The largest absolute Gasteiger partial charge is 0.396 e. The first-order valence-corrected chi connectivity index (χ1v) is 10.3. The number of benzene rings is 3. The first-order chi connectivity index (χ1) is 12.7. The Labute approximate surface area is 163 Å². The van der Waals surface area contributed by atoms with E-state index < -0.39 is 0 Å². The quantitative estimate of drug-likeness (QED) is 0.424. The minimum absolute atomic E-state index is 0.167. The van der Waals surface area contributed by atoms with Crippen molar-refractivity contribution in [3.05, 3.63) is 83.9 Å². The second kappa shape index (κ2) is 9.28. The molecule has 3 rings (SSSR count). The first kappa shape index (κ1) is 19.1. The molecule has 0 heterocycles. The Bertz CT molecular complexity index is 763. The van der Waals surface area contributed by atoms with E-state index in [1.165, 1.54) is 14.7 Å². The zero-order chi connectivity index (χ0) is 18.4. The molecular weight excluding hydrogens is 360 g/mol. The summed E-state index contributed by atoms with van der Waals surface area (Å²) in [5.41, 5.74) is 2.28. The van der Waals surface area contributed by atoms with Crippen LogP contribution < -0.4 is 0 Å². The molecule has 0 aliphatic heterocycles. The van der Waals surface area contributed by atoms with Crippen LogP contribution in [0.1, 0.15) is 11.1 Å². The fourth-order valence-corrected chi connectivity index (χ4v) is 5.02. The predicted molar refractivity (Wildman–Crippen MR) is 110 cm³/mol. The minimum Gasteiger partial charge on any atom is -0.396 e. The number of aliphatic hydroxyl groups excluding tert-OH is 2. The monoisotopic (exact) mass is 383 g/mol. The van der Waals surface area contributed by atoms with Crippen LogP contribution in [-0.4, -0.2) is 23.4 Å². The molecule has 0 aromatic heterocycles. The van der Waals surface area contributed by atoms with Crippen LogP contribution in [0.2, 0.25) is 0 Å². The van der Waals surface area contributed by atoms with Crippen molar-refractivity contribution in [2.24, 2.45) is 0 Å². The van der Waals surface area contributed by atoms with Gasteiger partial charge in [0, 0.05) is 18.1 Å². The van der Waals surface area contributed by atoms with Gasteiger partial charge in [0.05, 0.1) is 10.9 Å². The molecule has 3 aromatic carbocycles. The standard InChI is InChI=1S/C22H22O2S2/c23-15-13-17-1-7-20(8-2-17)26(22-11-5-19(25)6-12-22)21-9-3-18(4-10-21)14-16-24/h1-12,23-24H,13-16H2/p+1. The van der Waals surface area contributed by atoms with Gasteiger partial charge in [-0.05, 0) is 72.5 Å². The average molecular weight is 384 g/mol. The number of rotatable bonds is 7. The third kappa shape index (κ3) is 4.71. The molecule has 2 N–H and O–H groups in total. The summed E-state index contributed by atoms with van der Waals surface area (Å²) in [6.45, 7) is 0.335. The zero-order valence-electron chi connectivity index (χ0n) is 14.5. The summed E-state index contributed by atoms with van der Waals surface area (Å²) in [4.78, 5) is 4.68. The van der Waals surface area contributed by atoms with Crippen molar-refractivity contribution >= 4 is 23.5 Å². The molecule has 4 heteroatoms. The van der Waals surface area contributed by atoms with Crippen molar-refractivity contribution in [2.75, 3.05) is 13.2 Å². The SMILES string of the molecule is OCCc1ccc([S+](c2ccc(S)cc2)c2ccc(CCO)cc2)cc1. The van der Waals surface area contributed by atoms with E-state index >= 15 is 0 Å². The number of hydrogen-bond donors (Lipinski definition) is 3. The molecule has 0 radical (unpaired) electrons. The van der Waals surface area contributed by atoms with Gasteiger partial charge < -0.3 is 10.2 Å². The summed E-state index contributed by atoms with van der Waals surface area (Å²) < 4.78 is 0. The molecule has 0 spiro atoms. The van der Waals surface area contributed by atoms with Crippen LogP contribution in [0.25, 0.3) is 0 Å². The van der Waals surface area contributed by atoms with Crippen molar-refractivity contribution < 1.29 is 10.2 Å². The Kier molecular flexibility index (Phi) is 6.80. The van der Waals surface area contributed by atoms with E-state index in [2.05, 4.69) is 73.3 Å². The molecule has 0 unspecified atom stereocenters. The number of aliphatic hydroxyl groups is 2. The van der Waals surface area contributed by atoms with Gasteiger partial charge in [-0.2, -0.15) is 0 Å². The van der Waals surface area contributed by atoms with Gasteiger partial charge in [0.15, 0.2) is 14.7 Å². The minimum atomic E-state index is -0.206. The van der Waals surface area contributed by atoms with Gasteiger partial charge in [0.2, 0.25) is 0 Å².